The van der Waals surface area contributed by atoms with Crippen molar-refractivity contribution in [1.82, 2.24) is 14.6 Å². The van der Waals surface area contributed by atoms with Gasteiger partial charge in [-0.05, 0) is 0 Å². The van der Waals surface area contributed by atoms with Crippen LogP contribution in [0.4, 0.5) is 17.6 Å². The molecule has 0 atom stereocenters. The predicted octanol–water partition coefficient (Wildman–Crippen LogP) is 2.40. The molecule has 2 rings (SSSR count). The van der Waals surface area contributed by atoms with Crippen molar-refractivity contribution in [3.8, 4) is 0 Å². The van der Waals surface area contributed by atoms with Crippen LogP contribution < -0.4 is 11.5 Å². The molecule has 0 fully saturated rings. The first-order chi connectivity index (χ1) is 15.4. The Morgan fingerprint density at radius 3 is 2.52 bits per heavy atom. The molecule has 0 unspecified atom stereocenters. The summed E-state index contributed by atoms with van der Waals surface area (Å²) in [6.07, 6.45) is -2.03. The number of allylic oxidation sites excluding steroid dienone is 1. The molecule has 0 spiro atoms. The van der Waals surface area contributed by atoms with Crippen LogP contribution in [0.3, 0.4) is 0 Å². The monoisotopic (exact) mass is 488 g/mol. The number of ether oxygens (including phenoxy) is 1. The molecule has 0 saturated carbocycles. The molecule has 0 aromatic carbocycles. The lowest BCUT2D eigenvalue weighted by Crippen LogP contribution is -2.26. The molecular weight excluding hydrogens is 468 g/mol. The average Bonchev–Trinajstić information content (AvgIpc) is 3.25. The number of nitrogens with two attached hydrogens (primary N) is 2. The molecule has 2 heterocycles. The highest BCUT2D eigenvalue weighted by atomic mass is 32.1. The van der Waals surface area contributed by atoms with E-state index in [1.807, 2.05) is 0 Å². The van der Waals surface area contributed by atoms with E-state index in [0.29, 0.717) is 39.6 Å². The Labute approximate surface area is 188 Å². The molecule has 0 aliphatic rings. The third kappa shape index (κ3) is 6.15. The van der Waals surface area contributed by atoms with Crippen LogP contribution in [0.5, 0.6) is 0 Å². The maximum Gasteiger partial charge on any atom is 0.573 e. The number of rotatable bonds is 10. The summed E-state index contributed by atoms with van der Waals surface area (Å²) in [5, 5.41) is 21.1. The lowest BCUT2D eigenvalue weighted by molar-refractivity contribution is -0.302. The average molecular weight is 488 g/mol. The van der Waals surface area contributed by atoms with Crippen LogP contribution in [0.2, 0.25) is 0 Å². The third-order valence-corrected chi connectivity index (χ3v) is 5.25. The van der Waals surface area contributed by atoms with Crippen molar-refractivity contribution in [2.75, 3.05) is 13.6 Å². The number of aryl methyl sites for hydroxylation is 1. The molecular formula is C18H20F4N8O2S. The zero-order valence-electron chi connectivity index (χ0n) is 17.4. The van der Waals surface area contributed by atoms with Crippen molar-refractivity contribution in [2.45, 2.75) is 12.8 Å². The number of nitrogens with one attached hydrogen (secondary N) is 2. The summed E-state index contributed by atoms with van der Waals surface area (Å²) in [5.41, 5.74) is 10.3. The molecule has 10 nitrogen and oxygen atoms in total. The fraction of sp³-hybridized carbons (Fsp3) is 0.278. The van der Waals surface area contributed by atoms with Gasteiger partial charge in [0.25, 0.3) is 0 Å². The first-order valence-electron chi connectivity index (χ1n) is 9.00. The Bertz CT molecular complexity index is 1160. The Morgan fingerprint density at radius 2 is 1.97 bits per heavy atom. The van der Waals surface area contributed by atoms with E-state index in [-0.39, 0.29) is 24.4 Å². The molecule has 0 radical (unpaired) electrons. The summed E-state index contributed by atoms with van der Waals surface area (Å²) in [6.45, 7) is -0.377. The van der Waals surface area contributed by atoms with Crippen molar-refractivity contribution in [3.63, 3.8) is 0 Å². The SMILES string of the molecule is CN(CC(=N)/C(=C\N)OC(F)(F)F)/N=C\c1c(C=O)n(C)c2nc(CC(=N)/C(F)=C\N)sc12. The molecule has 2 aromatic heterocycles. The maximum absolute atomic E-state index is 13.5. The summed E-state index contributed by atoms with van der Waals surface area (Å²) in [6, 6.07) is 0. The number of aldehydes is 1. The van der Waals surface area contributed by atoms with E-state index < -0.39 is 23.7 Å². The Morgan fingerprint density at radius 1 is 1.30 bits per heavy atom. The van der Waals surface area contributed by atoms with E-state index in [1.54, 1.807) is 7.05 Å². The highest BCUT2D eigenvalue weighted by Gasteiger charge is 2.33. The summed E-state index contributed by atoms with van der Waals surface area (Å²) >= 11 is 1.12. The van der Waals surface area contributed by atoms with Gasteiger partial charge in [0.2, 0.25) is 0 Å². The van der Waals surface area contributed by atoms with Gasteiger partial charge >= 0.3 is 6.36 Å². The molecule has 0 aliphatic carbocycles. The fourth-order valence-corrected chi connectivity index (χ4v) is 3.80. The van der Waals surface area contributed by atoms with E-state index >= 15 is 0 Å². The number of alkyl halides is 3. The van der Waals surface area contributed by atoms with E-state index in [1.165, 1.54) is 17.8 Å². The molecule has 0 aliphatic heterocycles. The highest BCUT2D eigenvalue weighted by Crippen LogP contribution is 2.30. The number of thiazole rings is 1. The minimum Gasteiger partial charge on any atom is -0.402 e. The van der Waals surface area contributed by atoms with Crippen LogP contribution in [0.1, 0.15) is 21.1 Å². The number of hydrogen-bond donors (Lipinski definition) is 4. The molecule has 2 aromatic rings. The highest BCUT2D eigenvalue weighted by molar-refractivity contribution is 7.19. The van der Waals surface area contributed by atoms with Gasteiger partial charge in [0.1, 0.15) is 5.01 Å². The number of fused-ring (bicyclic) bond motifs is 1. The summed E-state index contributed by atoms with van der Waals surface area (Å²) in [5.74, 6) is -1.75. The molecule has 33 heavy (non-hydrogen) atoms. The smallest absolute Gasteiger partial charge is 0.402 e. The second-order valence-corrected chi connectivity index (χ2v) is 7.61. The zero-order valence-corrected chi connectivity index (χ0v) is 18.2. The third-order valence-electron chi connectivity index (χ3n) is 4.17. The predicted molar refractivity (Wildman–Crippen MR) is 116 cm³/mol. The molecule has 0 bridgehead atoms. The Balaban J connectivity index is 2.28. The molecule has 6 N–H and O–H groups in total. The van der Waals surface area contributed by atoms with E-state index in [2.05, 4.69) is 14.8 Å². The number of nitrogens with zero attached hydrogens (tertiary/aromatic N) is 4. The molecule has 0 saturated heterocycles. The van der Waals surface area contributed by atoms with Crippen molar-refractivity contribution in [1.29, 1.82) is 10.8 Å². The van der Waals surface area contributed by atoms with Crippen LogP contribution in [-0.4, -0.2) is 58.4 Å². The Hall–Kier alpha value is -3.75. The van der Waals surface area contributed by atoms with Crippen LogP contribution in [0, 0.1) is 10.8 Å². The summed E-state index contributed by atoms with van der Waals surface area (Å²) < 4.78 is 56.4. The van der Waals surface area contributed by atoms with Gasteiger partial charge in [0, 0.05) is 38.5 Å². The minimum atomic E-state index is -5.00. The normalized spacial score (nSPS) is 13.0. The van der Waals surface area contributed by atoms with Gasteiger partial charge in [-0.25, -0.2) is 9.37 Å². The number of hydrogen-bond acceptors (Lipinski definition) is 10. The van der Waals surface area contributed by atoms with Gasteiger partial charge in [0.15, 0.2) is 23.5 Å². The van der Waals surface area contributed by atoms with Crippen LogP contribution in [-0.2, 0) is 18.2 Å². The van der Waals surface area contributed by atoms with Gasteiger partial charge in [0.05, 0.1) is 34.6 Å². The quantitative estimate of drug-likeness (QED) is 0.132. The minimum absolute atomic E-state index is 0.115. The first kappa shape index (κ1) is 25.5. The van der Waals surface area contributed by atoms with Gasteiger partial charge in [-0.3, -0.25) is 15.2 Å². The topological polar surface area (TPSA) is 159 Å². The standard InChI is InChI=1S/C18H20F4N8O2S/c1-29(7-12(26)14(5-24)32-18(20,21)22)27-6-9-13(8-31)30(2)17-16(9)33-15(28-17)3-11(25)10(19)4-23/h4-6,8,25-26H,3,7,23-24H2,1-2H3/b10-4+,14-5+,25-11?,26-12?,27-6-. The van der Waals surface area contributed by atoms with Crippen molar-refractivity contribution < 1.29 is 27.1 Å². The molecule has 0 amide bonds. The van der Waals surface area contributed by atoms with Crippen molar-refractivity contribution >= 4 is 45.6 Å². The largest absolute Gasteiger partial charge is 0.573 e. The number of carbonyl (C=O) groups excluding carboxylic acids is 1. The Kier molecular flexibility index (Phi) is 7.92. The van der Waals surface area contributed by atoms with Crippen LogP contribution in [0.15, 0.2) is 29.1 Å². The van der Waals surface area contributed by atoms with Gasteiger partial charge in [-0.2, -0.15) is 5.10 Å². The lowest BCUT2D eigenvalue weighted by atomic mass is 10.2. The number of hydrazone groups is 1. The lowest BCUT2D eigenvalue weighted by Gasteiger charge is -2.16. The first-order valence-corrected chi connectivity index (χ1v) is 9.82. The number of aromatic nitrogens is 2. The van der Waals surface area contributed by atoms with Crippen molar-refractivity contribution in [3.05, 3.63) is 40.3 Å². The summed E-state index contributed by atoms with van der Waals surface area (Å²) in [7, 11) is 2.99. The van der Waals surface area contributed by atoms with Crippen LogP contribution >= 0.6 is 11.3 Å². The fourth-order valence-electron chi connectivity index (χ4n) is 2.67. The molecule has 178 valence electrons. The second kappa shape index (κ2) is 10.2. The zero-order chi connectivity index (χ0) is 24.9. The van der Waals surface area contributed by atoms with E-state index in [4.69, 9.17) is 22.3 Å². The van der Waals surface area contributed by atoms with Crippen molar-refractivity contribution in [2.24, 2.45) is 23.6 Å². The van der Waals surface area contributed by atoms with Gasteiger partial charge in [-0.15, -0.1) is 24.5 Å². The van der Waals surface area contributed by atoms with Gasteiger partial charge in [-0.1, -0.05) is 0 Å². The van der Waals surface area contributed by atoms with Gasteiger partial charge < -0.3 is 26.2 Å². The van der Waals surface area contributed by atoms with E-state index in [0.717, 1.165) is 16.3 Å². The van der Waals surface area contributed by atoms with E-state index in [9.17, 15) is 22.4 Å². The molecule has 15 heteroatoms. The second-order valence-electron chi connectivity index (χ2n) is 6.52. The summed E-state index contributed by atoms with van der Waals surface area (Å²) in [4.78, 5) is 15.9. The van der Waals surface area contributed by atoms with Crippen LogP contribution in [0.25, 0.3) is 10.3 Å². The number of carbonyl (C=O) groups is 1. The number of halogens is 4. The maximum atomic E-state index is 13.5.